The van der Waals surface area contributed by atoms with Gasteiger partial charge in [0.15, 0.2) is 0 Å². The molecule has 1 aromatic carbocycles. The molecule has 118 valence electrons. The van der Waals surface area contributed by atoms with Crippen LogP contribution in [0, 0.1) is 0 Å². The lowest BCUT2D eigenvalue weighted by molar-refractivity contribution is -0.137. The number of carbonyl (C=O) groups is 1. The summed E-state index contributed by atoms with van der Waals surface area (Å²) in [6.07, 6.45) is -2.78. The molecular weight excluding hydrogens is 279 g/mol. The molecule has 0 saturated carbocycles. The predicted molar refractivity (Wildman–Crippen MR) is 77.1 cm³/mol. The van der Waals surface area contributed by atoms with E-state index < -0.39 is 11.7 Å². The second kappa shape index (κ2) is 6.96. The maximum absolute atomic E-state index is 12.6. The standard InChI is InChI=1S/C16H22F3NO/c1-5-11(3)20(12(4)6-2)15(21)13-7-9-14(10-8-13)16(17,18)19/h7-12H,5-6H2,1-4H3. The van der Waals surface area contributed by atoms with Crippen LogP contribution in [0.4, 0.5) is 13.2 Å². The lowest BCUT2D eigenvalue weighted by atomic mass is 10.1. The number of carbonyl (C=O) groups excluding carboxylic acids is 1. The SMILES string of the molecule is CCC(C)N(C(=O)c1ccc(C(F)(F)F)cc1)C(C)CC. The third-order valence-electron chi connectivity index (χ3n) is 3.83. The Kier molecular flexibility index (Phi) is 5.81. The highest BCUT2D eigenvalue weighted by Crippen LogP contribution is 2.29. The fraction of sp³-hybridized carbons (Fsp3) is 0.562. The van der Waals surface area contributed by atoms with Gasteiger partial charge in [0.25, 0.3) is 5.91 Å². The lowest BCUT2D eigenvalue weighted by Gasteiger charge is -2.34. The topological polar surface area (TPSA) is 20.3 Å². The minimum atomic E-state index is -4.38. The second-order valence-electron chi connectivity index (χ2n) is 5.30. The van der Waals surface area contributed by atoms with Crippen molar-refractivity contribution >= 4 is 5.91 Å². The van der Waals surface area contributed by atoms with Gasteiger partial charge in [0.2, 0.25) is 0 Å². The molecule has 21 heavy (non-hydrogen) atoms. The first-order chi connectivity index (χ1) is 9.72. The Hall–Kier alpha value is -1.52. The first-order valence-electron chi connectivity index (χ1n) is 7.22. The molecule has 0 heterocycles. The summed E-state index contributed by atoms with van der Waals surface area (Å²) < 4.78 is 37.6. The lowest BCUT2D eigenvalue weighted by Crippen LogP contribution is -2.44. The molecule has 0 spiro atoms. The monoisotopic (exact) mass is 301 g/mol. The van der Waals surface area contributed by atoms with E-state index in [1.807, 2.05) is 27.7 Å². The van der Waals surface area contributed by atoms with E-state index >= 15 is 0 Å². The third-order valence-corrected chi connectivity index (χ3v) is 3.83. The van der Waals surface area contributed by atoms with Crippen LogP contribution in [0.25, 0.3) is 0 Å². The van der Waals surface area contributed by atoms with Crippen molar-refractivity contribution in [2.75, 3.05) is 0 Å². The number of amides is 1. The van der Waals surface area contributed by atoms with E-state index in [0.717, 1.165) is 25.0 Å². The second-order valence-corrected chi connectivity index (χ2v) is 5.30. The molecule has 1 rings (SSSR count). The average molecular weight is 301 g/mol. The molecule has 5 heteroatoms. The normalized spacial score (nSPS) is 14.6. The molecule has 0 aromatic heterocycles. The quantitative estimate of drug-likeness (QED) is 0.769. The zero-order chi connectivity index (χ0) is 16.2. The number of halogens is 3. The van der Waals surface area contributed by atoms with Gasteiger partial charge < -0.3 is 4.90 Å². The van der Waals surface area contributed by atoms with Crippen LogP contribution in [0.1, 0.15) is 56.5 Å². The van der Waals surface area contributed by atoms with Gasteiger partial charge in [-0.05, 0) is 51.0 Å². The Bertz CT molecular complexity index is 457. The van der Waals surface area contributed by atoms with E-state index in [1.54, 1.807) is 4.90 Å². The van der Waals surface area contributed by atoms with Crippen LogP contribution in [0.3, 0.4) is 0 Å². The Balaban J connectivity index is 3.04. The summed E-state index contributed by atoms with van der Waals surface area (Å²) in [7, 11) is 0. The molecule has 2 unspecified atom stereocenters. The van der Waals surface area contributed by atoms with Gasteiger partial charge >= 0.3 is 6.18 Å². The van der Waals surface area contributed by atoms with Gasteiger partial charge in [-0.15, -0.1) is 0 Å². The molecular formula is C16H22F3NO. The van der Waals surface area contributed by atoms with Gasteiger partial charge in [-0.1, -0.05) is 13.8 Å². The number of alkyl halides is 3. The van der Waals surface area contributed by atoms with Crippen LogP contribution in [-0.2, 0) is 6.18 Å². The van der Waals surface area contributed by atoms with Crippen LogP contribution in [-0.4, -0.2) is 22.9 Å². The number of rotatable bonds is 5. The summed E-state index contributed by atoms with van der Waals surface area (Å²) in [6, 6.07) is 4.52. The van der Waals surface area contributed by atoms with E-state index in [9.17, 15) is 18.0 Å². The predicted octanol–water partition coefficient (Wildman–Crippen LogP) is 4.74. The van der Waals surface area contributed by atoms with Crippen LogP contribution >= 0.6 is 0 Å². The maximum Gasteiger partial charge on any atom is 0.416 e. The smallest absolute Gasteiger partial charge is 0.333 e. The molecule has 0 aliphatic rings. The van der Waals surface area contributed by atoms with Crippen molar-refractivity contribution in [3.63, 3.8) is 0 Å². The van der Waals surface area contributed by atoms with Gasteiger partial charge in [-0.3, -0.25) is 4.79 Å². The van der Waals surface area contributed by atoms with E-state index in [1.165, 1.54) is 12.1 Å². The zero-order valence-corrected chi connectivity index (χ0v) is 12.9. The number of hydrogen-bond donors (Lipinski definition) is 0. The Morgan fingerprint density at radius 2 is 1.48 bits per heavy atom. The van der Waals surface area contributed by atoms with E-state index in [4.69, 9.17) is 0 Å². The van der Waals surface area contributed by atoms with Crippen molar-refractivity contribution in [2.45, 2.75) is 58.8 Å². The summed E-state index contributed by atoms with van der Waals surface area (Å²) in [5, 5.41) is 0. The van der Waals surface area contributed by atoms with Gasteiger partial charge in [0, 0.05) is 17.6 Å². The first kappa shape index (κ1) is 17.5. The molecule has 0 radical (unpaired) electrons. The van der Waals surface area contributed by atoms with Gasteiger partial charge in [-0.25, -0.2) is 0 Å². The zero-order valence-electron chi connectivity index (χ0n) is 12.9. The molecule has 0 fully saturated rings. The highest BCUT2D eigenvalue weighted by atomic mass is 19.4. The van der Waals surface area contributed by atoms with Crippen molar-refractivity contribution in [2.24, 2.45) is 0 Å². The van der Waals surface area contributed by atoms with Crippen LogP contribution in [0.2, 0.25) is 0 Å². The van der Waals surface area contributed by atoms with E-state index in [-0.39, 0.29) is 18.0 Å². The maximum atomic E-state index is 12.6. The summed E-state index contributed by atoms with van der Waals surface area (Å²) in [5.41, 5.74) is -0.443. The van der Waals surface area contributed by atoms with Crippen LogP contribution in [0.15, 0.2) is 24.3 Å². The number of benzene rings is 1. The van der Waals surface area contributed by atoms with Crippen molar-refractivity contribution in [1.29, 1.82) is 0 Å². The van der Waals surface area contributed by atoms with Crippen LogP contribution in [0.5, 0.6) is 0 Å². The third kappa shape index (κ3) is 4.22. The fourth-order valence-corrected chi connectivity index (χ4v) is 2.18. The average Bonchev–Trinajstić information content (AvgIpc) is 2.46. The highest BCUT2D eigenvalue weighted by Gasteiger charge is 2.31. The van der Waals surface area contributed by atoms with E-state index in [0.29, 0.717) is 5.56 Å². The highest BCUT2D eigenvalue weighted by molar-refractivity contribution is 5.94. The molecule has 2 nitrogen and oxygen atoms in total. The molecule has 2 atom stereocenters. The molecule has 1 amide bonds. The largest absolute Gasteiger partial charge is 0.416 e. The van der Waals surface area contributed by atoms with Crippen LogP contribution < -0.4 is 0 Å². The molecule has 1 aromatic rings. The van der Waals surface area contributed by atoms with Crippen molar-refractivity contribution in [1.82, 2.24) is 4.90 Å². The van der Waals surface area contributed by atoms with E-state index in [2.05, 4.69) is 0 Å². The fourth-order valence-electron chi connectivity index (χ4n) is 2.18. The minimum absolute atomic E-state index is 0.0507. The van der Waals surface area contributed by atoms with Crippen molar-refractivity contribution in [3.8, 4) is 0 Å². The molecule has 0 aliphatic heterocycles. The summed E-state index contributed by atoms with van der Waals surface area (Å²) in [6.45, 7) is 7.88. The molecule has 0 aliphatic carbocycles. The summed E-state index contributed by atoms with van der Waals surface area (Å²) in [4.78, 5) is 14.3. The van der Waals surface area contributed by atoms with Gasteiger partial charge in [0.1, 0.15) is 0 Å². The summed E-state index contributed by atoms with van der Waals surface area (Å²) >= 11 is 0. The Morgan fingerprint density at radius 3 is 1.81 bits per heavy atom. The molecule has 0 N–H and O–H groups in total. The van der Waals surface area contributed by atoms with Gasteiger partial charge in [-0.2, -0.15) is 13.2 Å². The molecule has 0 saturated heterocycles. The van der Waals surface area contributed by atoms with Gasteiger partial charge in [0.05, 0.1) is 5.56 Å². The Labute approximate surface area is 123 Å². The summed E-state index contributed by atoms with van der Waals surface area (Å²) in [5.74, 6) is -0.215. The first-order valence-corrected chi connectivity index (χ1v) is 7.22. The number of hydrogen-bond acceptors (Lipinski definition) is 1. The minimum Gasteiger partial charge on any atom is -0.333 e. The molecule has 0 bridgehead atoms. The number of nitrogens with zero attached hydrogens (tertiary/aromatic N) is 1. The van der Waals surface area contributed by atoms with Crippen molar-refractivity contribution < 1.29 is 18.0 Å². The van der Waals surface area contributed by atoms with Crippen molar-refractivity contribution in [3.05, 3.63) is 35.4 Å². The Morgan fingerprint density at radius 1 is 1.05 bits per heavy atom.